The van der Waals surface area contributed by atoms with Crippen LogP contribution in [-0.4, -0.2) is 22.8 Å². The fraction of sp³-hybridized carbons (Fsp3) is 0.400. The molecule has 76 valence electrons. The molecule has 0 bridgehead atoms. The lowest BCUT2D eigenvalue weighted by molar-refractivity contribution is -0.00393. The van der Waals surface area contributed by atoms with Crippen LogP contribution in [0.15, 0.2) is 12.1 Å². The minimum absolute atomic E-state index is 0.373. The van der Waals surface area contributed by atoms with Crippen LogP contribution in [0.4, 0.5) is 0 Å². The van der Waals surface area contributed by atoms with Crippen LogP contribution >= 0.6 is 0 Å². The third-order valence-corrected chi connectivity index (χ3v) is 1.29. The lowest BCUT2D eigenvalue weighted by Gasteiger charge is -2.10. The summed E-state index contributed by atoms with van der Waals surface area (Å²) in [5.41, 5.74) is 0. The first-order valence-corrected chi connectivity index (χ1v) is 4.21. The van der Waals surface area contributed by atoms with Crippen LogP contribution in [0.3, 0.4) is 0 Å². The van der Waals surface area contributed by atoms with E-state index in [0.29, 0.717) is 11.5 Å². The lowest BCUT2D eigenvalue weighted by Crippen LogP contribution is -2.11. The molecule has 0 aliphatic rings. The summed E-state index contributed by atoms with van der Waals surface area (Å²) in [5.74, 6) is 0.746. The molecule has 0 saturated heterocycles. The zero-order chi connectivity index (χ0) is 10.6. The smallest absolute Gasteiger partial charge is 0.194 e. The summed E-state index contributed by atoms with van der Waals surface area (Å²) < 4.78 is 9.85. The molecule has 1 rings (SSSR count). The van der Waals surface area contributed by atoms with Gasteiger partial charge in [0.05, 0.1) is 0 Å². The van der Waals surface area contributed by atoms with E-state index < -0.39 is 12.6 Å². The van der Waals surface area contributed by atoms with Gasteiger partial charge >= 0.3 is 0 Å². The first-order valence-electron chi connectivity index (χ1n) is 4.21. The van der Waals surface area contributed by atoms with Crippen molar-refractivity contribution in [2.24, 2.45) is 0 Å². The van der Waals surface area contributed by atoms with E-state index in [1.165, 1.54) is 26.0 Å². The van der Waals surface area contributed by atoms with E-state index >= 15 is 0 Å². The highest BCUT2D eigenvalue weighted by Crippen LogP contribution is 2.17. The number of hydrogen-bond donors (Lipinski definition) is 2. The van der Waals surface area contributed by atoms with Crippen LogP contribution in [0.25, 0.3) is 0 Å². The van der Waals surface area contributed by atoms with Gasteiger partial charge in [-0.05, 0) is 26.0 Å². The summed E-state index contributed by atoms with van der Waals surface area (Å²) in [6.45, 7) is 2.99. The molecule has 0 amide bonds. The van der Waals surface area contributed by atoms with Crippen LogP contribution in [0, 0.1) is 12.1 Å². The van der Waals surface area contributed by atoms with E-state index in [0.717, 1.165) is 0 Å². The maximum absolute atomic E-state index is 8.89. The van der Waals surface area contributed by atoms with Gasteiger partial charge in [-0.2, -0.15) is 0 Å². The second kappa shape index (κ2) is 4.83. The second-order valence-corrected chi connectivity index (χ2v) is 2.74. The van der Waals surface area contributed by atoms with Crippen molar-refractivity contribution in [1.29, 1.82) is 0 Å². The van der Waals surface area contributed by atoms with Gasteiger partial charge in [0.1, 0.15) is 11.5 Å². The zero-order valence-corrected chi connectivity index (χ0v) is 8.02. The normalized spacial score (nSPS) is 14.6. The monoisotopic (exact) mass is 196 g/mol. The Morgan fingerprint density at radius 2 is 1.36 bits per heavy atom. The van der Waals surface area contributed by atoms with Gasteiger partial charge < -0.3 is 19.7 Å². The van der Waals surface area contributed by atoms with Crippen molar-refractivity contribution in [1.82, 2.24) is 0 Å². The minimum Gasteiger partial charge on any atom is -0.465 e. The van der Waals surface area contributed by atoms with Gasteiger partial charge in [-0.1, -0.05) is 0 Å². The second-order valence-electron chi connectivity index (χ2n) is 2.74. The van der Waals surface area contributed by atoms with E-state index in [2.05, 4.69) is 12.1 Å². The number of aliphatic hydroxyl groups is 2. The highest BCUT2D eigenvalue weighted by atomic mass is 16.6. The lowest BCUT2D eigenvalue weighted by atomic mass is 10.3. The Morgan fingerprint density at radius 1 is 1.00 bits per heavy atom. The van der Waals surface area contributed by atoms with E-state index in [-0.39, 0.29) is 0 Å². The summed E-state index contributed by atoms with van der Waals surface area (Å²) in [5, 5.41) is 17.8. The Morgan fingerprint density at radius 3 is 1.57 bits per heavy atom. The molecule has 1 aromatic rings. The maximum Gasteiger partial charge on any atom is 0.194 e. The summed E-state index contributed by atoms with van der Waals surface area (Å²) in [6, 6.07) is 8.40. The average Bonchev–Trinajstić information content (AvgIpc) is 2.06. The van der Waals surface area contributed by atoms with Gasteiger partial charge in [0.2, 0.25) is 0 Å². The molecule has 0 fully saturated rings. The molecule has 2 atom stereocenters. The predicted molar refractivity (Wildman–Crippen MR) is 48.7 cm³/mol. The number of hydrogen-bond acceptors (Lipinski definition) is 4. The number of rotatable bonds is 4. The van der Waals surface area contributed by atoms with E-state index in [9.17, 15) is 0 Å². The SMILES string of the molecule is CC(O)Oc1[c]cc(OC(C)O)[c]c1. The summed E-state index contributed by atoms with van der Waals surface area (Å²) >= 11 is 0. The maximum atomic E-state index is 8.89. The molecular formula is C10H12O4. The highest BCUT2D eigenvalue weighted by molar-refractivity contribution is 5.28. The van der Waals surface area contributed by atoms with Crippen LogP contribution in [0.2, 0.25) is 0 Å². The highest BCUT2D eigenvalue weighted by Gasteiger charge is 2.02. The largest absolute Gasteiger partial charge is 0.465 e. The van der Waals surface area contributed by atoms with Crippen molar-refractivity contribution in [3.05, 3.63) is 24.3 Å². The Balaban J connectivity index is 2.59. The fourth-order valence-electron chi connectivity index (χ4n) is 0.860. The van der Waals surface area contributed by atoms with Gasteiger partial charge in [0.25, 0.3) is 0 Å². The summed E-state index contributed by atoms with van der Waals surface area (Å²) in [4.78, 5) is 0. The molecule has 2 N–H and O–H groups in total. The van der Waals surface area contributed by atoms with Gasteiger partial charge in [0, 0.05) is 12.1 Å². The molecule has 1 aromatic carbocycles. The van der Waals surface area contributed by atoms with Crippen molar-refractivity contribution in [2.45, 2.75) is 26.4 Å². The summed E-state index contributed by atoms with van der Waals surface area (Å²) in [7, 11) is 0. The van der Waals surface area contributed by atoms with Gasteiger partial charge in [0.15, 0.2) is 12.6 Å². The van der Waals surface area contributed by atoms with Crippen molar-refractivity contribution in [3.63, 3.8) is 0 Å². The third-order valence-electron chi connectivity index (χ3n) is 1.29. The Kier molecular flexibility index (Phi) is 3.73. The first kappa shape index (κ1) is 10.8. The molecule has 4 heteroatoms. The standard InChI is InChI=1S/C10H12O4/c1-7(11)13-9-3-5-10(6-4-9)14-8(2)12/h3,6-8,11-12H,1-2H3. The molecule has 0 heterocycles. The quantitative estimate of drug-likeness (QED) is 0.697. The van der Waals surface area contributed by atoms with Gasteiger partial charge in [-0.15, -0.1) is 0 Å². The topological polar surface area (TPSA) is 58.9 Å². The van der Waals surface area contributed by atoms with E-state index in [1.807, 2.05) is 0 Å². The fourth-order valence-corrected chi connectivity index (χ4v) is 0.860. The van der Waals surface area contributed by atoms with E-state index in [4.69, 9.17) is 19.7 Å². The summed E-state index contributed by atoms with van der Waals surface area (Å²) in [6.07, 6.45) is -1.77. The van der Waals surface area contributed by atoms with Crippen LogP contribution in [-0.2, 0) is 0 Å². The first-order chi connectivity index (χ1) is 6.58. The van der Waals surface area contributed by atoms with Gasteiger partial charge in [-0.3, -0.25) is 0 Å². The zero-order valence-electron chi connectivity index (χ0n) is 8.02. The van der Waals surface area contributed by atoms with Gasteiger partial charge in [-0.25, -0.2) is 0 Å². The number of aliphatic hydroxyl groups excluding tert-OH is 2. The van der Waals surface area contributed by atoms with E-state index in [1.54, 1.807) is 0 Å². The molecule has 4 nitrogen and oxygen atoms in total. The Bertz CT molecular complexity index is 237. The molecule has 14 heavy (non-hydrogen) atoms. The molecule has 0 aliphatic carbocycles. The molecular weight excluding hydrogens is 184 g/mol. The number of ether oxygens (including phenoxy) is 2. The number of benzene rings is 1. The van der Waals surface area contributed by atoms with Crippen LogP contribution in [0.1, 0.15) is 13.8 Å². The molecule has 2 unspecified atom stereocenters. The Hall–Kier alpha value is -1.26. The predicted octanol–water partition coefficient (Wildman–Crippen LogP) is 0.721. The molecule has 0 spiro atoms. The van der Waals surface area contributed by atoms with Crippen molar-refractivity contribution in [3.8, 4) is 11.5 Å². The van der Waals surface area contributed by atoms with Crippen molar-refractivity contribution >= 4 is 0 Å². The molecule has 0 saturated carbocycles. The average molecular weight is 196 g/mol. The third kappa shape index (κ3) is 3.64. The Labute approximate surface area is 82.7 Å². The van der Waals surface area contributed by atoms with Crippen molar-refractivity contribution in [2.75, 3.05) is 0 Å². The van der Waals surface area contributed by atoms with Crippen LogP contribution < -0.4 is 9.47 Å². The van der Waals surface area contributed by atoms with Crippen molar-refractivity contribution < 1.29 is 19.7 Å². The molecule has 2 radical (unpaired) electrons. The van der Waals surface area contributed by atoms with Crippen LogP contribution in [0.5, 0.6) is 11.5 Å². The molecule has 0 aliphatic heterocycles. The minimum atomic E-state index is -0.886. The molecule has 0 aromatic heterocycles.